The Morgan fingerprint density at radius 2 is 2.50 bits per heavy atom. The molecule has 1 fully saturated rings. The highest BCUT2D eigenvalue weighted by Gasteiger charge is 2.33. The fraction of sp³-hybridized carbons (Fsp3) is 0.667. The van der Waals surface area contributed by atoms with E-state index in [9.17, 15) is 4.79 Å². The SMILES string of the molecule is CCOC(=O)[C@@H]1CCN(c2nc(Br)cs2)C[C@H]1C. The molecular formula is C12H17BrN2O2S. The van der Waals surface area contributed by atoms with Crippen molar-refractivity contribution >= 4 is 38.4 Å². The molecule has 6 heteroatoms. The maximum Gasteiger partial charge on any atom is 0.309 e. The molecule has 0 N–H and O–H groups in total. The molecule has 1 saturated heterocycles. The predicted molar refractivity (Wildman–Crippen MR) is 75.9 cm³/mol. The minimum Gasteiger partial charge on any atom is -0.466 e. The van der Waals surface area contributed by atoms with Crippen LogP contribution in [0.4, 0.5) is 5.13 Å². The van der Waals surface area contributed by atoms with Gasteiger partial charge in [-0.1, -0.05) is 6.92 Å². The van der Waals surface area contributed by atoms with Crippen molar-refractivity contribution in [3.05, 3.63) is 9.98 Å². The number of carbonyl (C=O) groups excluding carboxylic acids is 1. The Morgan fingerprint density at radius 3 is 3.06 bits per heavy atom. The van der Waals surface area contributed by atoms with Gasteiger partial charge in [0.15, 0.2) is 5.13 Å². The number of hydrogen-bond donors (Lipinski definition) is 0. The fourth-order valence-corrected chi connectivity index (χ4v) is 3.60. The topological polar surface area (TPSA) is 42.4 Å². The molecule has 4 nitrogen and oxygen atoms in total. The Labute approximate surface area is 119 Å². The molecule has 1 aliphatic rings. The molecule has 0 bridgehead atoms. The van der Waals surface area contributed by atoms with Crippen molar-refractivity contribution in [3.8, 4) is 0 Å². The molecule has 2 rings (SSSR count). The number of carbonyl (C=O) groups is 1. The van der Waals surface area contributed by atoms with Gasteiger partial charge in [0.1, 0.15) is 4.60 Å². The van der Waals surface area contributed by atoms with E-state index in [4.69, 9.17) is 4.74 Å². The summed E-state index contributed by atoms with van der Waals surface area (Å²) in [7, 11) is 0. The van der Waals surface area contributed by atoms with Crippen molar-refractivity contribution in [1.29, 1.82) is 0 Å². The first-order valence-corrected chi connectivity index (χ1v) is 7.81. The zero-order valence-corrected chi connectivity index (χ0v) is 13.0. The van der Waals surface area contributed by atoms with Crippen molar-refractivity contribution < 1.29 is 9.53 Å². The Morgan fingerprint density at radius 1 is 1.72 bits per heavy atom. The third-order valence-electron chi connectivity index (χ3n) is 3.23. The normalized spacial score (nSPS) is 24.1. The van der Waals surface area contributed by atoms with Gasteiger partial charge in [-0.2, -0.15) is 0 Å². The summed E-state index contributed by atoms with van der Waals surface area (Å²) in [4.78, 5) is 18.5. The van der Waals surface area contributed by atoms with Crippen LogP contribution in [0.5, 0.6) is 0 Å². The van der Waals surface area contributed by atoms with Crippen LogP contribution in [0.15, 0.2) is 9.98 Å². The first-order valence-electron chi connectivity index (χ1n) is 6.14. The number of nitrogens with zero attached hydrogens (tertiary/aromatic N) is 2. The Balaban J connectivity index is 1.97. The highest BCUT2D eigenvalue weighted by molar-refractivity contribution is 9.10. The summed E-state index contributed by atoms with van der Waals surface area (Å²) in [5, 5.41) is 3.01. The molecule has 1 aromatic rings. The lowest BCUT2D eigenvalue weighted by molar-refractivity contribution is -0.150. The molecular weight excluding hydrogens is 316 g/mol. The number of hydrogen-bond acceptors (Lipinski definition) is 5. The smallest absolute Gasteiger partial charge is 0.309 e. The van der Waals surface area contributed by atoms with E-state index in [0.717, 1.165) is 29.2 Å². The van der Waals surface area contributed by atoms with Gasteiger partial charge >= 0.3 is 5.97 Å². The van der Waals surface area contributed by atoms with Crippen LogP contribution >= 0.6 is 27.3 Å². The largest absolute Gasteiger partial charge is 0.466 e. The van der Waals surface area contributed by atoms with Crippen molar-refractivity contribution in [3.63, 3.8) is 0 Å². The second-order valence-corrected chi connectivity index (χ2v) is 6.17. The minimum atomic E-state index is -0.0510. The number of aromatic nitrogens is 1. The third-order valence-corrected chi connectivity index (χ3v) is 4.84. The average molecular weight is 333 g/mol. The first kappa shape index (κ1) is 13.8. The van der Waals surface area contributed by atoms with Gasteiger partial charge in [0.2, 0.25) is 0 Å². The summed E-state index contributed by atoms with van der Waals surface area (Å²) < 4.78 is 6.00. The monoisotopic (exact) mass is 332 g/mol. The summed E-state index contributed by atoms with van der Waals surface area (Å²) >= 11 is 5.00. The van der Waals surface area contributed by atoms with Crippen LogP contribution in [0, 0.1) is 11.8 Å². The number of thiazole rings is 1. The van der Waals surface area contributed by atoms with Crippen molar-refractivity contribution in [2.24, 2.45) is 11.8 Å². The van der Waals surface area contributed by atoms with E-state index < -0.39 is 0 Å². The van der Waals surface area contributed by atoms with Gasteiger partial charge in [-0.05, 0) is 35.2 Å². The van der Waals surface area contributed by atoms with Crippen LogP contribution in [0.25, 0.3) is 0 Å². The van der Waals surface area contributed by atoms with Crippen LogP contribution in [0.1, 0.15) is 20.3 Å². The Hall–Kier alpha value is -0.620. The van der Waals surface area contributed by atoms with Crippen molar-refractivity contribution in [2.75, 3.05) is 24.6 Å². The van der Waals surface area contributed by atoms with E-state index in [1.54, 1.807) is 11.3 Å². The van der Waals surface area contributed by atoms with Gasteiger partial charge in [0.05, 0.1) is 12.5 Å². The Bertz CT molecular complexity index is 424. The van der Waals surface area contributed by atoms with Crippen LogP contribution in [0.3, 0.4) is 0 Å². The molecule has 0 spiro atoms. The lowest BCUT2D eigenvalue weighted by Gasteiger charge is -2.35. The summed E-state index contributed by atoms with van der Waals surface area (Å²) in [6.45, 7) is 6.16. The molecule has 0 saturated carbocycles. The second kappa shape index (κ2) is 6.02. The maximum atomic E-state index is 11.8. The number of ether oxygens (including phenoxy) is 1. The average Bonchev–Trinajstić information content (AvgIpc) is 2.76. The van der Waals surface area contributed by atoms with Gasteiger partial charge in [-0.3, -0.25) is 4.79 Å². The molecule has 100 valence electrons. The number of piperidine rings is 1. The van der Waals surface area contributed by atoms with Crippen LogP contribution in [-0.4, -0.2) is 30.6 Å². The fourth-order valence-electron chi connectivity index (χ4n) is 2.31. The summed E-state index contributed by atoms with van der Waals surface area (Å²) in [5.74, 6) is 0.287. The molecule has 2 heterocycles. The maximum absolute atomic E-state index is 11.8. The van der Waals surface area contributed by atoms with Crippen LogP contribution in [-0.2, 0) is 9.53 Å². The van der Waals surface area contributed by atoms with Gasteiger partial charge in [0.25, 0.3) is 0 Å². The molecule has 0 aliphatic carbocycles. The first-order chi connectivity index (χ1) is 8.61. The molecule has 2 atom stereocenters. The summed E-state index contributed by atoms with van der Waals surface area (Å²) in [6, 6.07) is 0. The van der Waals surface area contributed by atoms with Gasteiger partial charge in [-0.15, -0.1) is 11.3 Å². The lowest BCUT2D eigenvalue weighted by Crippen LogP contribution is -2.42. The van der Waals surface area contributed by atoms with E-state index in [1.807, 2.05) is 12.3 Å². The standard InChI is InChI=1S/C12H17BrN2O2S/c1-3-17-11(16)9-4-5-15(6-8(9)2)12-14-10(13)7-18-12/h7-9H,3-6H2,1-2H3/t8-,9-/m1/s1. The molecule has 1 aliphatic heterocycles. The van der Waals surface area contributed by atoms with E-state index in [1.165, 1.54) is 0 Å². The molecule has 0 amide bonds. The highest BCUT2D eigenvalue weighted by Crippen LogP contribution is 2.31. The van der Waals surface area contributed by atoms with E-state index in [0.29, 0.717) is 12.5 Å². The zero-order chi connectivity index (χ0) is 13.1. The Kier molecular flexibility index (Phi) is 4.61. The van der Waals surface area contributed by atoms with Crippen molar-refractivity contribution in [2.45, 2.75) is 20.3 Å². The van der Waals surface area contributed by atoms with Gasteiger partial charge < -0.3 is 9.64 Å². The number of anilines is 1. The van der Waals surface area contributed by atoms with Crippen LogP contribution in [0.2, 0.25) is 0 Å². The quantitative estimate of drug-likeness (QED) is 0.798. The van der Waals surface area contributed by atoms with Gasteiger partial charge in [0, 0.05) is 18.5 Å². The second-order valence-electron chi connectivity index (χ2n) is 4.52. The van der Waals surface area contributed by atoms with E-state index >= 15 is 0 Å². The van der Waals surface area contributed by atoms with Gasteiger partial charge in [-0.25, -0.2) is 4.98 Å². The van der Waals surface area contributed by atoms with Crippen LogP contribution < -0.4 is 4.90 Å². The molecule has 18 heavy (non-hydrogen) atoms. The molecule has 0 aromatic carbocycles. The summed E-state index contributed by atoms with van der Waals surface area (Å²) in [5.41, 5.74) is 0. The zero-order valence-electron chi connectivity index (χ0n) is 10.6. The summed E-state index contributed by atoms with van der Waals surface area (Å²) in [6.07, 6.45) is 0.844. The number of rotatable bonds is 3. The third kappa shape index (κ3) is 3.03. The number of halogens is 1. The van der Waals surface area contributed by atoms with Crippen molar-refractivity contribution in [1.82, 2.24) is 4.98 Å². The minimum absolute atomic E-state index is 0.0320. The number of esters is 1. The predicted octanol–water partition coefficient (Wildman–Crippen LogP) is 2.93. The highest BCUT2D eigenvalue weighted by atomic mass is 79.9. The van der Waals surface area contributed by atoms with E-state index in [-0.39, 0.29) is 11.9 Å². The molecule has 1 aromatic heterocycles. The molecule has 0 radical (unpaired) electrons. The lowest BCUT2D eigenvalue weighted by atomic mass is 9.87. The molecule has 0 unspecified atom stereocenters. The van der Waals surface area contributed by atoms with E-state index in [2.05, 4.69) is 32.7 Å².